The van der Waals surface area contributed by atoms with Crippen molar-refractivity contribution < 1.29 is 39.6 Å². The van der Waals surface area contributed by atoms with Crippen molar-refractivity contribution in [2.45, 2.75) is 66.6 Å². The molecule has 3 aromatic rings. The molecule has 0 fully saturated rings. The molecular weight excluding hydrogens is 731 g/mol. The Morgan fingerprint density at radius 3 is 1.55 bits per heavy atom. The van der Waals surface area contributed by atoms with E-state index in [0.29, 0.717) is 11.5 Å². The summed E-state index contributed by atoms with van der Waals surface area (Å²) in [7, 11) is 3.27. The minimum absolute atomic E-state index is 0.137. The van der Waals surface area contributed by atoms with Crippen LogP contribution in [0.5, 0.6) is 0 Å². The second-order valence-corrected chi connectivity index (χ2v) is 14.7. The Kier molecular flexibility index (Phi) is 15.1. The third-order valence-electron chi connectivity index (χ3n) is 4.68. The third-order valence-corrected chi connectivity index (χ3v) is 8.46. The number of aromatic nitrogens is 4. The number of ether oxygens (including phenoxy) is 2. The fraction of sp³-hybridized carbons (Fsp3) is 0.414. The molecule has 0 aliphatic rings. The van der Waals surface area contributed by atoms with Crippen LogP contribution >= 0.6 is 20.6 Å². The van der Waals surface area contributed by atoms with Crippen molar-refractivity contribution in [1.29, 1.82) is 0 Å². The van der Waals surface area contributed by atoms with E-state index in [1.165, 1.54) is 35.6 Å². The van der Waals surface area contributed by atoms with Gasteiger partial charge in [-0.05, 0) is 41.5 Å². The van der Waals surface area contributed by atoms with Crippen LogP contribution in [-0.2, 0) is 39.3 Å². The van der Waals surface area contributed by atoms with Crippen molar-refractivity contribution in [2.75, 3.05) is 16.4 Å². The number of anilines is 3. The maximum absolute atomic E-state index is 11.5. The van der Waals surface area contributed by atoms with E-state index in [1.54, 1.807) is 67.8 Å². The molecule has 2 aromatic heterocycles. The molecule has 1 aromatic carbocycles. The van der Waals surface area contributed by atoms with Gasteiger partial charge in [0, 0.05) is 14.1 Å². The Labute approximate surface area is 281 Å². The van der Waals surface area contributed by atoms with E-state index in [1.807, 2.05) is 18.2 Å². The van der Waals surface area contributed by atoms with Crippen molar-refractivity contribution in [2.24, 2.45) is 19.8 Å². The summed E-state index contributed by atoms with van der Waals surface area (Å²) in [5.74, 6) is -0.865. The molecule has 17 nitrogen and oxygen atoms in total. The minimum atomic E-state index is -2.59. The molecule has 18 heteroatoms. The van der Waals surface area contributed by atoms with Gasteiger partial charge in [-0.25, -0.2) is 9.59 Å². The van der Waals surface area contributed by atoms with E-state index in [9.17, 15) is 24.0 Å². The molecule has 0 radical (unpaired) electrons. The molecule has 3 rings (SSSR count). The molecule has 0 spiro atoms. The summed E-state index contributed by atoms with van der Waals surface area (Å²) >= 11 is -2.59. The van der Waals surface area contributed by atoms with Crippen LogP contribution in [-0.4, -0.2) is 60.8 Å². The summed E-state index contributed by atoms with van der Waals surface area (Å²) in [6, 6.07) is 9.05. The number of nitrogen functional groups attached to an aromatic ring is 1. The SMILES string of the molecule is CC(=O)OI(OC(C)=O)c1ccccc1.Cn1ncc(C(N)=O)c1NC(=O)OC(C)(C)C.Cn1ncc(N)c1NC(=O)OC(C)(C)C. The van der Waals surface area contributed by atoms with E-state index in [2.05, 4.69) is 20.8 Å². The summed E-state index contributed by atoms with van der Waals surface area (Å²) in [5, 5.41) is 12.7. The van der Waals surface area contributed by atoms with Crippen molar-refractivity contribution in [3.05, 3.63) is 51.9 Å². The molecule has 0 aliphatic heterocycles. The average Bonchev–Trinajstić information content (AvgIpc) is 3.43. The van der Waals surface area contributed by atoms with Crippen LogP contribution in [0.3, 0.4) is 0 Å². The number of benzene rings is 1. The number of amides is 3. The maximum Gasteiger partial charge on any atom is 0.413 e. The maximum atomic E-state index is 11.5. The zero-order chi connectivity index (χ0) is 36.1. The predicted molar refractivity (Wildman–Crippen MR) is 182 cm³/mol. The van der Waals surface area contributed by atoms with Crippen molar-refractivity contribution in [1.82, 2.24) is 19.6 Å². The molecule has 0 aliphatic carbocycles. The molecule has 0 saturated carbocycles. The number of carbonyl (C=O) groups excluding carboxylic acids is 5. The minimum Gasteiger partial charge on any atom is -0.444 e. The van der Waals surface area contributed by atoms with E-state index in [0.717, 1.165) is 3.57 Å². The van der Waals surface area contributed by atoms with Gasteiger partial charge in [-0.3, -0.25) is 24.8 Å². The Morgan fingerprint density at radius 2 is 1.17 bits per heavy atom. The molecule has 0 bridgehead atoms. The molecule has 2 heterocycles. The van der Waals surface area contributed by atoms with Gasteiger partial charge in [-0.1, -0.05) is 0 Å². The number of primary amides is 1. The smallest absolute Gasteiger partial charge is 0.413 e. The van der Waals surface area contributed by atoms with Crippen LogP contribution in [0.2, 0.25) is 0 Å². The van der Waals surface area contributed by atoms with E-state index in [-0.39, 0.29) is 11.4 Å². The van der Waals surface area contributed by atoms with Crippen LogP contribution in [0.4, 0.5) is 26.9 Å². The standard InChI is InChI=1S/C10H11IO4.C10H16N4O3.C9H16N4O2/c1-8(12)14-11(15-9(2)13)10-6-4-3-5-7-10;1-10(2,3)17-9(16)13-8-6(7(11)15)5-12-14(8)4;1-9(2,3)15-8(14)12-7-6(10)5-11-13(7)4/h3-7H,1-2H3;5H,1-4H3,(H2,11,15)(H,13,16);5H,10H2,1-4H3,(H,12,14). The second-order valence-electron chi connectivity index (χ2n) is 11.4. The van der Waals surface area contributed by atoms with Crippen LogP contribution in [0.1, 0.15) is 65.7 Å². The van der Waals surface area contributed by atoms with E-state index < -0.39 is 61.9 Å². The molecule has 3 amide bonds. The first kappa shape index (κ1) is 40.1. The molecule has 0 saturated heterocycles. The molecule has 260 valence electrons. The molecule has 6 N–H and O–H groups in total. The number of hydrogen-bond acceptors (Lipinski definition) is 12. The first-order chi connectivity index (χ1) is 21.6. The molecule has 47 heavy (non-hydrogen) atoms. The number of rotatable bonds is 6. The summed E-state index contributed by atoms with van der Waals surface area (Å²) in [6.45, 7) is 13.2. The van der Waals surface area contributed by atoms with Gasteiger partial charge in [0.1, 0.15) is 22.6 Å². The van der Waals surface area contributed by atoms with E-state index in [4.69, 9.17) is 27.1 Å². The first-order valence-electron chi connectivity index (χ1n) is 13.8. The topological polar surface area (TPSA) is 234 Å². The normalized spacial score (nSPS) is 10.9. The summed E-state index contributed by atoms with van der Waals surface area (Å²) in [5.41, 5.74) is 10.1. The number of nitrogens with one attached hydrogen (secondary N) is 2. The van der Waals surface area contributed by atoms with Crippen molar-refractivity contribution in [3.8, 4) is 0 Å². The number of halogens is 1. The van der Waals surface area contributed by atoms with Gasteiger partial charge >= 0.3 is 108 Å². The fourth-order valence-corrected chi connectivity index (χ4v) is 5.72. The number of aryl methyl sites for hydroxylation is 2. The summed E-state index contributed by atoms with van der Waals surface area (Å²) < 4.78 is 23.8. The Balaban J connectivity index is 0.000000353. The van der Waals surface area contributed by atoms with Crippen LogP contribution in [0, 0.1) is 3.57 Å². The van der Waals surface area contributed by atoms with Gasteiger partial charge in [0.2, 0.25) is 0 Å². The number of nitrogens with zero attached hydrogens (tertiary/aromatic N) is 4. The van der Waals surface area contributed by atoms with E-state index >= 15 is 0 Å². The number of hydrogen-bond donors (Lipinski definition) is 4. The van der Waals surface area contributed by atoms with Crippen molar-refractivity contribution in [3.63, 3.8) is 0 Å². The van der Waals surface area contributed by atoms with Crippen LogP contribution in [0.15, 0.2) is 42.7 Å². The van der Waals surface area contributed by atoms with Crippen LogP contribution in [0.25, 0.3) is 0 Å². The van der Waals surface area contributed by atoms with Gasteiger partial charge in [-0.15, -0.1) is 0 Å². The largest absolute Gasteiger partial charge is 0.444 e. The third kappa shape index (κ3) is 15.8. The number of nitrogens with two attached hydrogens (primary N) is 2. The summed E-state index contributed by atoms with van der Waals surface area (Å²) in [4.78, 5) is 55.7. The van der Waals surface area contributed by atoms with Crippen molar-refractivity contribution >= 4 is 68.0 Å². The van der Waals surface area contributed by atoms with Gasteiger partial charge < -0.3 is 20.9 Å². The average molecular weight is 775 g/mol. The number of carbonyl (C=O) groups is 5. The van der Waals surface area contributed by atoms with Gasteiger partial charge in [-0.2, -0.15) is 10.2 Å². The predicted octanol–water partition coefficient (Wildman–Crippen LogP) is 4.53. The quantitative estimate of drug-likeness (QED) is 0.253. The molecule has 0 atom stereocenters. The molecular formula is C29H43IN8O9. The monoisotopic (exact) mass is 774 g/mol. The zero-order valence-electron chi connectivity index (χ0n) is 28.0. The second kappa shape index (κ2) is 17.7. The fourth-order valence-electron chi connectivity index (χ4n) is 2.99. The Bertz CT molecular complexity index is 1490. The summed E-state index contributed by atoms with van der Waals surface area (Å²) in [6.07, 6.45) is 1.54. The van der Waals surface area contributed by atoms with Gasteiger partial charge in [0.25, 0.3) is 5.91 Å². The molecule has 0 unspecified atom stereocenters. The first-order valence-corrected chi connectivity index (χ1v) is 16.7. The Morgan fingerprint density at radius 1 is 0.745 bits per heavy atom. The van der Waals surface area contributed by atoms with Gasteiger partial charge in [0.05, 0.1) is 18.1 Å². The van der Waals surface area contributed by atoms with Crippen LogP contribution < -0.4 is 22.1 Å². The van der Waals surface area contributed by atoms with Gasteiger partial charge in [0.15, 0.2) is 5.82 Å². The Hall–Kier alpha value is -4.88. The zero-order valence-corrected chi connectivity index (χ0v) is 30.2.